The van der Waals surface area contributed by atoms with Gasteiger partial charge in [0, 0.05) is 0 Å². The molecule has 1 heteroatoms. The minimum absolute atomic E-state index is 1.32. The number of unbranched alkanes of at least 4 members (excludes halogenated alkanes) is 9. The lowest BCUT2D eigenvalue weighted by atomic mass is 10.1. The Morgan fingerprint density at radius 3 is 1.38 bits per heavy atom. The van der Waals surface area contributed by atoms with Crippen molar-refractivity contribution in [2.24, 2.45) is 0 Å². The SMILES string of the molecule is CC.CCCCCCCCCCCC[NH2+]C. The summed E-state index contributed by atoms with van der Waals surface area (Å²) >= 11 is 0. The molecule has 0 atom stereocenters. The number of hydrogen-bond donors (Lipinski definition) is 1. The first kappa shape index (κ1) is 18.3. The normalized spacial score (nSPS) is 9.75. The predicted octanol–water partition coefficient (Wildman–Crippen LogP) is 4.13. The van der Waals surface area contributed by atoms with Gasteiger partial charge in [0.05, 0.1) is 13.6 Å². The average Bonchev–Trinajstić information content (AvgIpc) is 2.34. The van der Waals surface area contributed by atoms with Gasteiger partial charge in [-0.15, -0.1) is 0 Å². The maximum Gasteiger partial charge on any atom is 0.0753 e. The predicted molar refractivity (Wildman–Crippen MR) is 75.9 cm³/mol. The molecule has 0 unspecified atom stereocenters. The first-order valence-electron chi connectivity index (χ1n) is 7.69. The third-order valence-electron chi connectivity index (χ3n) is 2.85. The summed E-state index contributed by atoms with van der Waals surface area (Å²) in [4.78, 5) is 0. The molecule has 100 valence electrons. The zero-order valence-electron chi connectivity index (χ0n) is 12.4. The van der Waals surface area contributed by atoms with Gasteiger partial charge in [0.25, 0.3) is 0 Å². The fraction of sp³-hybridized carbons (Fsp3) is 1.00. The molecule has 0 spiro atoms. The van der Waals surface area contributed by atoms with Gasteiger partial charge >= 0.3 is 0 Å². The van der Waals surface area contributed by atoms with Crippen molar-refractivity contribution >= 4 is 0 Å². The zero-order chi connectivity index (χ0) is 12.5. The maximum atomic E-state index is 2.28. The molecule has 0 rings (SSSR count). The maximum absolute atomic E-state index is 2.28. The van der Waals surface area contributed by atoms with E-state index in [1.54, 1.807) is 0 Å². The molecule has 0 saturated carbocycles. The molecule has 0 aromatic heterocycles. The van der Waals surface area contributed by atoms with E-state index in [-0.39, 0.29) is 0 Å². The van der Waals surface area contributed by atoms with Crippen molar-refractivity contribution in [3.8, 4) is 0 Å². The summed E-state index contributed by atoms with van der Waals surface area (Å²) in [6.45, 7) is 7.60. The summed E-state index contributed by atoms with van der Waals surface area (Å²) in [5.74, 6) is 0. The van der Waals surface area contributed by atoms with Crippen LogP contribution < -0.4 is 5.32 Å². The highest BCUT2D eigenvalue weighted by Crippen LogP contribution is 2.09. The summed E-state index contributed by atoms with van der Waals surface area (Å²) in [6, 6.07) is 0. The summed E-state index contributed by atoms with van der Waals surface area (Å²) in [5, 5.41) is 2.28. The van der Waals surface area contributed by atoms with Crippen molar-refractivity contribution < 1.29 is 5.32 Å². The van der Waals surface area contributed by atoms with Crippen LogP contribution in [-0.4, -0.2) is 13.6 Å². The lowest BCUT2D eigenvalue weighted by Gasteiger charge is -2.01. The van der Waals surface area contributed by atoms with Crippen LogP contribution in [0.1, 0.15) is 85.0 Å². The van der Waals surface area contributed by atoms with Gasteiger partial charge in [0.2, 0.25) is 0 Å². The Hall–Kier alpha value is -0.0400. The van der Waals surface area contributed by atoms with Gasteiger partial charge in [-0.05, 0) is 12.8 Å². The Bertz CT molecular complexity index is 79.4. The minimum atomic E-state index is 1.32. The summed E-state index contributed by atoms with van der Waals surface area (Å²) in [6.07, 6.45) is 14.5. The highest BCUT2D eigenvalue weighted by Gasteiger charge is 1.92. The highest BCUT2D eigenvalue weighted by molar-refractivity contribution is 4.46. The van der Waals surface area contributed by atoms with E-state index in [0.29, 0.717) is 0 Å². The number of hydrogen-bond acceptors (Lipinski definition) is 0. The van der Waals surface area contributed by atoms with E-state index in [1.807, 2.05) is 13.8 Å². The second-order valence-electron chi connectivity index (χ2n) is 4.38. The smallest absolute Gasteiger partial charge is 0.0753 e. The Morgan fingerprint density at radius 1 is 0.625 bits per heavy atom. The standard InChI is InChI=1S/C13H29N.C2H6/c1-3-4-5-6-7-8-9-10-11-12-13-14-2;1-2/h14H,3-13H2,1-2H3;1-2H3/p+1. The summed E-state index contributed by atoms with van der Waals surface area (Å²) in [5.41, 5.74) is 0. The van der Waals surface area contributed by atoms with Crippen LogP contribution in [-0.2, 0) is 0 Å². The topological polar surface area (TPSA) is 16.6 Å². The third-order valence-corrected chi connectivity index (χ3v) is 2.85. The van der Waals surface area contributed by atoms with Crippen molar-refractivity contribution in [1.29, 1.82) is 0 Å². The van der Waals surface area contributed by atoms with Crippen LogP contribution >= 0.6 is 0 Å². The largest absolute Gasteiger partial charge is 0.349 e. The Kier molecular flexibility index (Phi) is 23.3. The molecule has 0 fully saturated rings. The first-order valence-corrected chi connectivity index (χ1v) is 7.69. The van der Waals surface area contributed by atoms with Gasteiger partial charge < -0.3 is 5.32 Å². The van der Waals surface area contributed by atoms with Crippen LogP contribution in [0, 0.1) is 0 Å². The Balaban J connectivity index is 0. The van der Waals surface area contributed by atoms with Crippen molar-refractivity contribution in [2.75, 3.05) is 13.6 Å². The Labute approximate surface area is 104 Å². The molecule has 0 saturated heterocycles. The monoisotopic (exact) mass is 230 g/mol. The molecule has 0 aliphatic heterocycles. The van der Waals surface area contributed by atoms with Gasteiger partial charge in [-0.1, -0.05) is 72.1 Å². The van der Waals surface area contributed by atoms with Crippen LogP contribution in [0.4, 0.5) is 0 Å². The quantitative estimate of drug-likeness (QED) is 0.514. The number of rotatable bonds is 11. The van der Waals surface area contributed by atoms with Crippen LogP contribution in [0.15, 0.2) is 0 Å². The molecule has 0 aliphatic carbocycles. The molecule has 16 heavy (non-hydrogen) atoms. The fourth-order valence-electron chi connectivity index (χ4n) is 1.84. The molecule has 0 heterocycles. The van der Waals surface area contributed by atoms with E-state index in [9.17, 15) is 0 Å². The first-order chi connectivity index (χ1) is 7.91. The minimum Gasteiger partial charge on any atom is -0.349 e. The van der Waals surface area contributed by atoms with Gasteiger partial charge in [-0.3, -0.25) is 0 Å². The van der Waals surface area contributed by atoms with Crippen LogP contribution in [0.25, 0.3) is 0 Å². The molecular formula is C15H36N+. The molecule has 1 nitrogen and oxygen atoms in total. The molecule has 2 N–H and O–H groups in total. The summed E-state index contributed by atoms with van der Waals surface area (Å²) in [7, 11) is 2.16. The van der Waals surface area contributed by atoms with Crippen molar-refractivity contribution in [1.82, 2.24) is 0 Å². The van der Waals surface area contributed by atoms with Crippen molar-refractivity contribution in [3.05, 3.63) is 0 Å². The van der Waals surface area contributed by atoms with Crippen molar-refractivity contribution in [3.63, 3.8) is 0 Å². The molecule has 0 radical (unpaired) electrons. The van der Waals surface area contributed by atoms with E-state index < -0.39 is 0 Å². The molecule has 0 aromatic carbocycles. The van der Waals surface area contributed by atoms with Gasteiger partial charge in [0.15, 0.2) is 0 Å². The van der Waals surface area contributed by atoms with E-state index in [0.717, 1.165) is 0 Å². The lowest BCUT2D eigenvalue weighted by Crippen LogP contribution is -2.79. The highest BCUT2D eigenvalue weighted by atomic mass is 14.8. The molecule has 0 aliphatic rings. The molecule has 0 bridgehead atoms. The number of nitrogens with two attached hydrogens (primary N) is 1. The molecular weight excluding hydrogens is 194 g/mol. The average molecular weight is 230 g/mol. The fourth-order valence-corrected chi connectivity index (χ4v) is 1.84. The molecule has 0 amide bonds. The zero-order valence-corrected chi connectivity index (χ0v) is 12.4. The van der Waals surface area contributed by atoms with Crippen LogP contribution in [0.5, 0.6) is 0 Å². The van der Waals surface area contributed by atoms with E-state index in [4.69, 9.17) is 0 Å². The molecule has 0 aromatic rings. The van der Waals surface area contributed by atoms with E-state index in [2.05, 4.69) is 19.3 Å². The van der Waals surface area contributed by atoms with Crippen LogP contribution in [0.2, 0.25) is 0 Å². The van der Waals surface area contributed by atoms with E-state index >= 15 is 0 Å². The third kappa shape index (κ3) is 19.5. The van der Waals surface area contributed by atoms with Gasteiger partial charge in [-0.25, -0.2) is 0 Å². The van der Waals surface area contributed by atoms with Crippen LogP contribution in [0.3, 0.4) is 0 Å². The Morgan fingerprint density at radius 2 is 1.00 bits per heavy atom. The van der Waals surface area contributed by atoms with Gasteiger partial charge in [0.1, 0.15) is 0 Å². The van der Waals surface area contributed by atoms with Crippen molar-refractivity contribution in [2.45, 2.75) is 85.0 Å². The second kappa shape index (κ2) is 20.4. The van der Waals surface area contributed by atoms with E-state index in [1.165, 1.54) is 70.8 Å². The summed E-state index contributed by atoms with van der Waals surface area (Å²) < 4.78 is 0. The lowest BCUT2D eigenvalue weighted by molar-refractivity contribution is -0.627. The van der Waals surface area contributed by atoms with Gasteiger partial charge in [-0.2, -0.15) is 0 Å². The second-order valence-corrected chi connectivity index (χ2v) is 4.38. The number of quaternary nitrogens is 1.